The van der Waals surface area contributed by atoms with Gasteiger partial charge in [-0.25, -0.2) is 0 Å². The molecule has 1 aliphatic rings. The summed E-state index contributed by atoms with van der Waals surface area (Å²) in [5.41, 5.74) is 0.795. The lowest BCUT2D eigenvalue weighted by Gasteiger charge is -2.29. The fraction of sp³-hybridized carbons (Fsp3) is 0.500. The van der Waals surface area contributed by atoms with Gasteiger partial charge in [0.25, 0.3) is 0 Å². The smallest absolute Gasteiger partial charge is 0.138 e. The van der Waals surface area contributed by atoms with Gasteiger partial charge in [-0.3, -0.25) is 4.79 Å². The van der Waals surface area contributed by atoms with Crippen LogP contribution in [0.1, 0.15) is 37.9 Å². The van der Waals surface area contributed by atoms with Gasteiger partial charge in [-0.2, -0.15) is 0 Å². The lowest BCUT2D eigenvalue weighted by Crippen LogP contribution is -2.29. The van der Waals surface area contributed by atoms with E-state index in [2.05, 4.69) is 38.8 Å². The van der Waals surface area contributed by atoms with Crippen molar-refractivity contribution in [2.75, 3.05) is 0 Å². The first-order chi connectivity index (χ1) is 8.47. The molecule has 0 bridgehead atoms. The number of carbonyl (C=O) groups excluding carboxylic acids is 1. The van der Waals surface area contributed by atoms with Crippen molar-refractivity contribution in [2.24, 2.45) is 11.8 Å². The van der Waals surface area contributed by atoms with Crippen LogP contribution in [0.15, 0.2) is 27.1 Å². The molecule has 1 saturated carbocycles. The first kappa shape index (κ1) is 14.2. The molecule has 1 aliphatic carbocycles. The molecule has 2 rings (SSSR count). The molecule has 1 aromatic carbocycles. The number of hydrogen-bond donors (Lipinski definition) is 1. The Morgan fingerprint density at radius 2 is 1.89 bits per heavy atom. The second-order valence-electron chi connectivity index (χ2n) is 5.10. The van der Waals surface area contributed by atoms with E-state index >= 15 is 0 Å². The van der Waals surface area contributed by atoms with Gasteiger partial charge in [0.2, 0.25) is 0 Å². The summed E-state index contributed by atoms with van der Waals surface area (Å²) >= 11 is 6.81. The van der Waals surface area contributed by atoms with Crippen LogP contribution in [0, 0.1) is 11.8 Å². The summed E-state index contributed by atoms with van der Waals surface area (Å²) in [6, 6.07) is 5.67. The average molecular weight is 376 g/mol. The number of hydrogen-bond acceptors (Lipinski definition) is 2. The van der Waals surface area contributed by atoms with E-state index < -0.39 is 6.10 Å². The first-order valence-electron chi connectivity index (χ1n) is 6.14. The quantitative estimate of drug-likeness (QED) is 0.838. The second kappa shape index (κ2) is 5.85. The van der Waals surface area contributed by atoms with E-state index in [9.17, 15) is 9.90 Å². The zero-order valence-corrected chi connectivity index (χ0v) is 13.4. The molecule has 0 spiro atoms. The Balaban J connectivity index is 2.23. The Morgan fingerprint density at radius 3 is 2.50 bits per heavy atom. The lowest BCUT2D eigenvalue weighted by atomic mass is 9.77. The molecule has 0 aliphatic heterocycles. The Morgan fingerprint density at radius 1 is 1.28 bits per heavy atom. The van der Waals surface area contributed by atoms with Crippen molar-refractivity contribution in [3.8, 4) is 0 Å². The molecule has 1 fully saturated rings. The third kappa shape index (κ3) is 3.22. The van der Waals surface area contributed by atoms with E-state index in [0.717, 1.165) is 27.4 Å². The van der Waals surface area contributed by atoms with Crippen LogP contribution in [0.3, 0.4) is 0 Å². The van der Waals surface area contributed by atoms with Gasteiger partial charge >= 0.3 is 0 Å². The molecular formula is C14H16Br2O2. The molecule has 0 radical (unpaired) electrons. The minimum absolute atomic E-state index is 0.191. The van der Waals surface area contributed by atoms with E-state index in [-0.39, 0.29) is 11.7 Å². The van der Waals surface area contributed by atoms with Crippen LogP contribution < -0.4 is 0 Å². The maximum absolute atomic E-state index is 11.9. The van der Waals surface area contributed by atoms with Gasteiger partial charge in [0.15, 0.2) is 0 Å². The molecule has 0 heterocycles. The van der Waals surface area contributed by atoms with Gasteiger partial charge in [0.05, 0.1) is 6.10 Å². The molecule has 3 atom stereocenters. The topological polar surface area (TPSA) is 37.3 Å². The third-order valence-electron chi connectivity index (χ3n) is 3.56. The number of carbonyl (C=O) groups is 1. The van der Waals surface area contributed by atoms with Crippen molar-refractivity contribution in [3.63, 3.8) is 0 Å². The highest BCUT2D eigenvalue weighted by Crippen LogP contribution is 2.36. The molecule has 0 amide bonds. The molecule has 0 aromatic heterocycles. The zero-order valence-electron chi connectivity index (χ0n) is 10.2. The van der Waals surface area contributed by atoms with Gasteiger partial charge in [0, 0.05) is 21.3 Å². The molecule has 0 saturated heterocycles. The predicted molar refractivity (Wildman–Crippen MR) is 78.3 cm³/mol. The van der Waals surface area contributed by atoms with Crippen molar-refractivity contribution in [1.82, 2.24) is 0 Å². The summed E-state index contributed by atoms with van der Waals surface area (Å²) in [7, 11) is 0. The standard InChI is InChI=1S/C14H16Br2O2/c1-8-2-3-13(17)12(4-8)14(18)9-5-10(15)7-11(16)6-9/h5-8,12,14,18H,2-4H2,1H3/t8-,12-,14+/m0/s1. The van der Waals surface area contributed by atoms with Crippen LogP contribution in [-0.2, 0) is 4.79 Å². The van der Waals surface area contributed by atoms with Gasteiger partial charge in [-0.1, -0.05) is 38.8 Å². The first-order valence-corrected chi connectivity index (χ1v) is 7.72. The van der Waals surface area contributed by atoms with E-state index in [0.29, 0.717) is 12.3 Å². The molecule has 0 unspecified atom stereocenters. The third-order valence-corrected chi connectivity index (χ3v) is 4.48. The molecule has 98 valence electrons. The Kier molecular flexibility index (Phi) is 4.62. The van der Waals surface area contributed by atoms with Crippen LogP contribution in [0.5, 0.6) is 0 Å². The van der Waals surface area contributed by atoms with Crippen LogP contribution in [0.2, 0.25) is 0 Å². The summed E-state index contributed by atoms with van der Waals surface area (Å²) in [6.07, 6.45) is 1.63. The van der Waals surface area contributed by atoms with E-state index in [4.69, 9.17) is 0 Å². The Hall–Kier alpha value is -0.190. The average Bonchev–Trinajstić information content (AvgIpc) is 2.30. The number of aliphatic hydroxyl groups is 1. The SMILES string of the molecule is C[C@H]1CCC(=O)[C@@H]([C@H](O)c2cc(Br)cc(Br)c2)C1. The fourth-order valence-corrected chi connectivity index (χ4v) is 3.87. The van der Waals surface area contributed by atoms with E-state index in [1.54, 1.807) is 0 Å². The van der Waals surface area contributed by atoms with Crippen LogP contribution in [0.4, 0.5) is 0 Å². The molecule has 2 nitrogen and oxygen atoms in total. The summed E-state index contributed by atoms with van der Waals surface area (Å²) in [5, 5.41) is 10.4. The molecule has 1 N–H and O–H groups in total. The van der Waals surface area contributed by atoms with Gasteiger partial charge in [-0.15, -0.1) is 0 Å². The zero-order chi connectivity index (χ0) is 13.3. The van der Waals surface area contributed by atoms with Crippen LogP contribution in [0.25, 0.3) is 0 Å². The van der Waals surface area contributed by atoms with Crippen molar-refractivity contribution in [2.45, 2.75) is 32.3 Å². The fourth-order valence-electron chi connectivity index (χ4n) is 2.54. The maximum atomic E-state index is 11.9. The monoisotopic (exact) mass is 374 g/mol. The van der Waals surface area contributed by atoms with Crippen molar-refractivity contribution < 1.29 is 9.90 Å². The number of Topliss-reactive ketones (excluding diaryl/α,β-unsaturated/α-hetero) is 1. The van der Waals surface area contributed by atoms with Gasteiger partial charge in [-0.05, 0) is 42.5 Å². The minimum atomic E-state index is -0.700. The highest BCUT2D eigenvalue weighted by atomic mass is 79.9. The second-order valence-corrected chi connectivity index (χ2v) is 6.93. The number of ketones is 1. The van der Waals surface area contributed by atoms with Crippen LogP contribution >= 0.6 is 31.9 Å². The molecular weight excluding hydrogens is 360 g/mol. The van der Waals surface area contributed by atoms with Gasteiger partial charge < -0.3 is 5.11 Å². The molecule has 1 aromatic rings. The van der Waals surface area contributed by atoms with E-state index in [1.807, 2.05) is 18.2 Å². The number of rotatable bonds is 2. The molecule has 4 heteroatoms. The van der Waals surface area contributed by atoms with Gasteiger partial charge in [0.1, 0.15) is 5.78 Å². The Bertz CT molecular complexity index is 439. The largest absolute Gasteiger partial charge is 0.388 e. The minimum Gasteiger partial charge on any atom is -0.388 e. The summed E-state index contributed by atoms with van der Waals surface area (Å²) in [6.45, 7) is 2.14. The summed E-state index contributed by atoms with van der Waals surface area (Å²) in [5.74, 6) is 0.449. The predicted octanol–water partition coefficient (Wildman–Crippen LogP) is 4.25. The van der Waals surface area contributed by atoms with Crippen molar-refractivity contribution in [3.05, 3.63) is 32.7 Å². The molecule has 18 heavy (non-hydrogen) atoms. The van der Waals surface area contributed by atoms with E-state index in [1.165, 1.54) is 0 Å². The number of benzene rings is 1. The highest BCUT2D eigenvalue weighted by molar-refractivity contribution is 9.11. The van der Waals surface area contributed by atoms with Crippen LogP contribution in [-0.4, -0.2) is 10.9 Å². The Labute approximate surface area is 124 Å². The number of halogens is 2. The maximum Gasteiger partial charge on any atom is 0.138 e. The van der Waals surface area contributed by atoms with Crippen molar-refractivity contribution >= 4 is 37.6 Å². The summed E-state index contributed by atoms with van der Waals surface area (Å²) < 4.78 is 1.81. The normalized spacial score (nSPS) is 26.1. The summed E-state index contributed by atoms with van der Waals surface area (Å²) in [4.78, 5) is 11.9. The number of aliphatic hydroxyl groups excluding tert-OH is 1. The lowest BCUT2D eigenvalue weighted by molar-refractivity contribution is -0.129. The highest BCUT2D eigenvalue weighted by Gasteiger charge is 2.33. The van der Waals surface area contributed by atoms with Crippen molar-refractivity contribution in [1.29, 1.82) is 0 Å².